The van der Waals surface area contributed by atoms with Crippen LogP contribution in [0.4, 0.5) is 105 Å². The van der Waals surface area contributed by atoms with Crippen molar-refractivity contribution in [3.63, 3.8) is 0 Å². The first-order valence-electron chi connectivity index (χ1n) is 26.9. The zero-order valence-electron chi connectivity index (χ0n) is 46.3. The average molecular weight is 1330 g/mol. The van der Waals surface area contributed by atoms with Crippen molar-refractivity contribution in [2.75, 3.05) is 0 Å². The molecule has 0 aliphatic heterocycles. The predicted octanol–water partition coefficient (Wildman–Crippen LogP) is 19.6. The molecule has 0 radical (unpaired) electrons. The zero-order chi connectivity index (χ0) is 67.8. The second kappa shape index (κ2) is 23.6. The minimum absolute atomic E-state index is 0.691. The minimum atomic E-state index is -6.13. The van der Waals surface area contributed by atoms with Gasteiger partial charge in [0.15, 0.2) is 12.7 Å². The van der Waals surface area contributed by atoms with Crippen LogP contribution in [-0.4, -0.2) is 6.15 Å². The molecule has 1 aromatic heterocycles. The van der Waals surface area contributed by atoms with E-state index in [2.05, 4.69) is 138 Å². The topological polar surface area (TPSA) is 13.1 Å². The fourth-order valence-electron chi connectivity index (χ4n) is 11.2. The van der Waals surface area contributed by atoms with Crippen molar-refractivity contribution in [3.8, 4) is 11.6 Å². The third-order valence-electron chi connectivity index (χ3n) is 15.4. The third-order valence-corrected chi connectivity index (χ3v) is 15.4. The highest BCUT2D eigenvalue weighted by atomic mass is 19.4. The standard InChI is InChI=1S/C34H24NO.C32H12BF24/c1-2-10-24(11-3-1)23-35-19-18-25-12-6-9-17-31(25)34(35)36-33-30-16-8-7-15-28(30)21-29-20-26-13-4-5-14-27(26)22-32(29)33;34-25(35,36)13-1-14(26(37,38)39)6-21(5-13)33(22-7-15(27(40,41)42)2-16(8-22)28(43,44)45,23-9-17(29(46,47)48)3-18(10-23)30(49,50)51)24-11-19(31(52,53)54)4-20(12-24)32(55,56)57/h1-22H,23H2;1-12H/q+1;-1. The van der Waals surface area contributed by atoms with Crippen LogP contribution in [0.15, 0.2) is 206 Å². The number of aromatic nitrogens is 1. The second-order valence-corrected chi connectivity index (χ2v) is 21.5. The van der Waals surface area contributed by atoms with Crippen LogP contribution in [0.3, 0.4) is 0 Å². The smallest absolute Gasteiger partial charge is 0.403 e. The van der Waals surface area contributed by atoms with Gasteiger partial charge < -0.3 is 4.74 Å². The van der Waals surface area contributed by atoms with Crippen LogP contribution in [-0.2, 0) is 56.0 Å². The molecule has 27 heteroatoms. The maximum absolute atomic E-state index is 14.2. The predicted molar refractivity (Wildman–Crippen MR) is 299 cm³/mol. The maximum Gasteiger partial charge on any atom is 0.416 e. The molecule has 0 N–H and O–H groups in total. The molecule has 0 bridgehead atoms. The van der Waals surface area contributed by atoms with Crippen LogP contribution < -0.4 is 31.2 Å². The lowest BCUT2D eigenvalue weighted by Gasteiger charge is -2.46. The molecule has 11 rings (SSSR count). The molecule has 0 aliphatic rings. The first-order chi connectivity index (χ1) is 43.1. The number of fused-ring (bicyclic) bond motifs is 4. The molecule has 0 atom stereocenters. The van der Waals surface area contributed by atoms with E-state index in [1.54, 1.807) is 0 Å². The Balaban J connectivity index is 0.000000223. The summed E-state index contributed by atoms with van der Waals surface area (Å²) in [6, 6.07) is 36.2. The molecule has 11 aromatic rings. The molecule has 10 aromatic carbocycles. The van der Waals surface area contributed by atoms with Crippen LogP contribution >= 0.6 is 0 Å². The van der Waals surface area contributed by atoms with E-state index < -0.39 is 195 Å². The Kier molecular flexibility index (Phi) is 16.9. The highest BCUT2D eigenvalue weighted by Crippen LogP contribution is 2.44. The molecule has 0 aliphatic carbocycles. The van der Waals surface area contributed by atoms with Gasteiger partial charge >= 0.3 is 55.3 Å². The maximum atomic E-state index is 14.2. The van der Waals surface area contributed by atoms with Gasteiger partial charge in [-0.15, -0.1) is 0 Å². The van der Waals surface area contributed by atoms with Crippen LogP contribution in [0.5, 0.6) is 11.6 Å². The zero-order valence-corrected chi connectivity index (χ0v) is 46.3. The lowest BCUT2D eigenvalue weighted by atomic mass is 9.12. The van der Waals surface area contributed by atoms with Gasteiger partial charge in [-0.3, -0.25) is 0 Å². The SMILES string of the molecule is FC(F)(F)c1cc([B-](c2cc(C(F)(F)F)cc(C(F)(F)F)c2)(c2cc(C(F)(F)F)cc(C(F)(F)F)c2)c2cc(C(F)(F)F)cc(C(F)(F)F)c2)cc(C(F)(F)F)c1.c1ccc(C[n+]2ccc3ccccc3c2Oc2c3ccccc3cc3cc4ccccc4cc23)cc1. The van der Waals surface area contributed by atoms with Gasteiger partial charge in [0.1, 0.15) is 11.9 Å². The van der Waals surface area contributed by atoms with Gasteiger partial charge in [0, 0.05) is 22.4 Å². The van der Waals surface area contributed by atoms with Gasteiger partial charge in [0.25, 0.3) is 0 Å². The average Bonchev–Trinajstić information content (AvgIpc) is 0.711. The van der Waals surface area contributed by atoms with Crippen molar-refractivity contribution < 1.29 is 115 Å². The summed E-state index contributed by atoms with van der Waals surface area (Å²) in [5.74, 6) is 1.75. The summed E-state index contributed by atoms with van der Waals surface area (Å²) in [7, 11) is 0. The molecule has 1 heterocycles. The van der Waals surface area contributed by atoms with E-state index in [0.717, 1.165) is 39.7 Å². The summed E-state index contributed by atoms with van der Waals surface area (Å²) in [6.07, 6.45) is -52.7. The van der Waals surface area contributed by atoms with Crippen LogP contribution in [0.1, 0.15) is 50.1 Å². The second-order valence-electron chi connectivity index (χ2n) is 21.5. The Labute approximate surface area is 508 Å². The number of benzene rings is 10. The van der Waals surface area contributed by atoms with Gasteiger partial charge in [-0.1, -0.05) is 146 Å². The molecular formula is C66H36BF24NO. The summed E-state index contributed by atoms with van der Waals surface area (Å²) in [4.78, 5) is 0. The van der Waals surface area contributed by atoms with E-state index in [4.69, 9.17) is 4.74 Å². The lowest BCUT2D eigenvalue weighted by Crippen LogP contribution is -2.75. The Morgan fingerprint density at radius 2 is 0.570 bits per heavy atom. The van der Waals surface area contributed by atoms with E-state index in [-0.39, 0.29) is 0 Å². The lowest BCUT2D eigenvalue weighted by molar-refractivity contribution is -0.690. The van der Waals surface area contributed by atoms with E-state index >= 15 is 0 Å². The van der Waals surface area contributed by atoms with Gasteiger partial charge in [0.2, 0.25) is 0 Å². The summed E-state index contributed by atoms with van der Waals surface area (Å²) < 4.78 is 350. The number of hydrogen-bond donors (Lipinski definition) is 0. The summed E-state index contributed by atoms with van der Waals surface area (Å²) in [6.45, 7) is 0.729. The highest BCUT2D eigenvalue weighted by molar-refractivity contribution is 7.20. The van der Waals surface area contributed by atoms with E-state index in [1.165, 1.54) is 27.1 Å². The highest BCUT2D eigenvalue weighted by Gasteiger charge is 2.47. The van der Waals surface area contributed by atoms with E-state index in [1.807, 2.05) is 0 Å². The third kappa shape index (κ3) is 13.9. The first-order valence-corrected chi connectivity index (χ1v) is 26.9. The van der Waals surface area contributed by atoms with Crippen molar-refractivity contribution >= 4 is 71.1 Å². The Morgan fingerprint density at radius 1 is 0.269 bits per heavy atom. The molecular weight excluding hydrogens is 1290 g/mol. The van der Waals surface area contributed by atoms with Gasteiger partial charge in [-0.05, 0) is 75.5 Å². The summed E-state index contributed by atoms with van der Waals surface area (Å²) >= 11 is 0. The van der Waals surface area contributed by atoms with Crippen LogP contribution in [0.25, 0.3) is 43.1 Å². The van der Waals surface area contributed by atoms with Crippen molar-refractivity contribution in [2.45, 2.75) is 56.0 Å². The normalized spacial score (nSPS) is 13.2. The molecule has 0 fully saturated rings. The summed E-state index contributed by atoms with van der Waals surface area (Å²) in [5, 5.41) is 9.27. The molecule has 0 spiro atoms. The Morgan fingerprint density at radius 3 is 0.935 bits per heavy atom. The van der Waals surface area contributed by atoms with Crippen molar-refractivity contribution in [3.05, 3.63) is 256 Å². The Bertz CT molecular complexity index is 4190. The van der Waals surface area contributed by atoms with Crippen LogP contribution in [0, 0.1) is 0 Å². The van der Waals surface area contributed by atoms with E-state index in [0.29, 0.717) is 0 Å². The fourth-order valence-corrected chi connectivity index (χ4v) is 11.2. The first kappa shape index (κ1) is 66.5. The number of halogens is 24. The monoisotopic (exact) mass is 1330 g/mol. The number of ether oxygens (including phenoxy) is 1. The Hall–Kier alpha value is -9.43. The minimum Gasteiger partial charge on any atom is -0.403 e. The van der Waals surface area contributed by atoms with Crippen molar-refractivity contribution in [1.29, 1.82) is 0 Å². The largest absolute Gasteiger partial charge is 0.416 e. The molecule has 0 saturated heterocycles. The molecule has 0 amide bonds. The number of nitrogens with zero attached hydrogens (tertiary/aromatic N) is 1. The number of hydrogen-bond acceptors (Lipinski definition) is 1. The van der Waals surface area contributed by atoms with Gasteiger partial charge in [0.05, 0.1) is 49.9 Å². The summed E-state index contributed by atoms with van der Waals surface area (Å²) in [5.41, 5.74) is -29.0. The van der Waals surface area contributed by atoms with Crippen LogP contribution in [0.2, 0.25) is 0 Å². The van der Waals surface area contributed by atoms with E-state index in [9.17, 15) is 105 Å². The van der Waals surface area contributed by atoms with Gasteiger partial charge in [-0.25, -0.2) is 0 Å². The van der Waals surface area contributed by atoms with Crippen molar-refractivity contribution in [1.82, 2.24) is 0 Å². The molecule has 93 heavy (non-hydrogen) atoms. The molecule has 482 valence electrons. The molecule has 2 nitrogen and oxygen atoms in total. The quantitative estimate of drug-likeness (QED) is 0.0640. The number of alkyl halides is 24. The number of rotatable bonds is 8. The molecule has 0 saturated carbocycles. The number of pyridine rings is 1. The van der Waals surface area contributed by atoms with Crippen molar-refractivity contribution in [2.24, 2.45) is 0 Å². The fraction of sp³-hybridized carbons (Fsp3) is 0.136. The van der Waals surface area contributed by atoms with Gasteiger partial charge in [-0.2, -0.15) is 132 Å². The molecule has 0 unspecified atom stereocenters.